The van der Waals surface area contributed by atoms with Gasteiger partial charge >= 0.3 is 6.09 Å². The van der Waals surface area contributed by atoms with Crippen molar-refractivity contribution in [2.24, 2.45) is 11.8 Å². The Bertz CT molecular complexity index is 2140. The smallest absolute Gasteiger partial charge is 0.407 e. The van der Waals surface area contributed by atoms with Gasteiger partial charge in [0, 0.05) is 30.6 Å². The van der Waals surface area contributed by atoms with Crippen LogP contribution in [0.2, 0.25) is 0 Å². The van der Waals surface area contributed by atoms with Crippen LogP contribution in [0.15, 0.2) is 48.7 Å². The average Bonchev–Trinajstić information content (AvgIpc) is 3.99. The van der Waals surface area contributed by atoms with Gasteiger partial charge in [-0.3, -0.25) is 4.79 Å². The highest BCUT2D eigenvalue weighted by Gasteiger charge is 2.41. The molecular formula is C41H49N7O4. The van der Waals surface area contributed by atoms with Crippen LogP contribution in [0.4, 0.5) is 4.79 Å². The normalized spacial score (nSPS) is 22.1. The minimum absolute atomic E-state index is 0.0206. The van der Waals surface area contributed by atoms with E-state index in [1.54, 1.807) is 7.11 Å². The highest BCUT2D eigenvalue weighted by molar-refractivity contribution is 6.05. The van der Waals surface area contributed by atoms with E-state index in [-0.39, 0.29) is 30.0 Å². The molecule has 3 aromatic carbocycles. The number of amides is 2. The van der Waals surface area contributed by atoms with Gasteiger partial charge in [-0.1, -0.05) is 44.2 Å². The number of aromatic amines is 2. The predicted octanol–water partition coefficient (Wildman–Crippen LogP) is 6.99. The van der Waals surface area contributed by atoms with Crippen molar-refractivity contribution in [3.63, 3.8) is 0 Å². The van der Waals surface area contributed by atoms with E-state index in [1.165, 1.54) is 34.9 Å². The second kappa shape index (κ2) is 14.0. The number of aromatic nitrogens is 4. The number of likely N-dealkylation sites (tertiary alicyclic amines) is 1. The third-order valence-electron chi connectivity index (χ3n) is 11.6. The lowest BCUT2D eigenvalue weighted by Crippen LogP contribution is -2.52. The molecule has 3 aliphatic rings. The number of hydrogen-bond acceptors (Lipinski definition) is 7. The first-order valence-electron chi connectivity index (χ1n) is 18.8. The number of alkyl carbamates (subject to hydrolysis) is 1. The van der Waals surface area contributed by atoms with Crippen molar-refractivity contribution in [1.82, 2.24) is 35.5 Å². The van der Waals surface area contributed by atoms with Crippen LogP contribution in [0.3, 0.4) is 0 Å². The number of H-pyrrole nitrogens is 2. The first kappa shape index (κ1) is 34.4. The number of carbonyl (C=O) groups excluding carboxylic acids is 2. The van der Waals surface area contributed by atoms with Gasteiger partial charge in [0.1, 0.15) is 17.7 Å². The number of ether oxygens (including phenoxy) is 2. The fourth-order valence-electron chi connectivity index (χ4n) is 8.89. The second-order valence-electron chi connectivity index (χ2n) is 15.2. The maximum atomic E-state index is 13.9. The first-order valence-corrected chi connectivity index (χ1v) is 18.8. The molecule has 4 N–H and O–H groups in total. The van der Waals surface area contributed by atoms with E-state index in [9.17, 15) is 9.59 Å². The molecule has 11 heteroatoms. The van der Waals surface area contributed by atoms with Crippen LogP contribution in [-0.2, 0) is 27.1 Å². The molecule has 4 heterocycles. The fourth-order valence-corrected chi connectivity index (χ4v) is 8.89. The Balaban J connectivity index is 1.07. The molecule has 0 unspecified atom stereocenters. The number of rotatable bonds is 9. The number of imidazole rings is 2. The van der Waals surface area contributed by atoms with Crippen LogP contribution in [0.25, 0.3) is 44.2 Å². The molecule has 0 spiro atoms. The zero-order chi connectivity index (χ0) is 36.1. The van der Waals surface area contributed by atoms with Gasteiger partial charge in [-0.25, -0.2) is 14.8 Å². The Labute approximate surface area is 304 Å². The molecule has 0 radical (unpaired) electrons. The Morgan fingerprint density at radius 1 is 1.00 bits per heavy atom. The highest BCUT2D eigenvalue weighted by atomic mass is 16.5. The second-order valence-corrected chi connectivity index (χ2v) is 15.2. The molecule has 2 fully saturated rings. The van der Waals surface area contributed by atoms with Crippen molar-refractivity contribution < 1.29 is 19.1 Å². The molecule has 1 aliphatic carbocycles. The van der Waals surface area contributed by atoms with Crippen molar-refractivity contribution in [1.29, 1.82) is 0 Å². The summed E-state index contributed by atoms with van der Waals surface area (Å²) in [5, 5.41) is 8.57. The molecule has 0 bridgehead atoms. The Kier molecular flexibility index (Phi) is 9.25. The van der Waals surface area contributed by atoms with Crippen LogP contribution < -0.4 is 10.6 Å². The number of nitrogens with one attached hydrogen (secondary N) is 4. The van der Waals surface area contributed by atoms with Gasteiger partial charge in [0.25, 0.3) is 0 Å². The summed E-state index contributed by atoms with van der Waals surface area (Å²) in [7, 11) is 3.08. The fraction of sp³-hybridized carbons (Fsp3) is 0.463. The van der Waals surface area contributed by atoms with E-state index in [0.717, 1.165) is 90.8 Å². The van der Waals surface area contributed by atoms with Crippen molar-refractivity contribution >= 4 is 33.8 Å². The summed E-state index contributed by atoms with van der Waals surface area (Å²) in [5.41, 5.74) is 9.53. The summed E-state index contributed by atoms with van der Waals surface area (Å²) in [6.07, 6.45) is 7.34. The lowest BCUT2D eigenvalue weighted by molar-refractivity contribution is -0.137. The van der Waals surface area contributed by atoms with Gasteiger partial charge in [0.2, 0.25) is 5.91 Å². The lowest BCUT2D eigenvalue weighted by atomic mass is 9.91. The molecule has 11 nitrogen and oxygen atoms in total. The third kappa shape index (κ3) is 6.13. The molecule has 8 rings (SSSR count). The van der Waals surface area contributed by atoms with Gasteiger partial charge in [0.05, 0.1) is 48.7 Å². The van der Waals surface area contributed by atoms with E-state index < -0.39 is 12.1 Å². The minimum atomic E-state index is -0.685. The van der Waals surface area contributed by atoms with E-state index >= 15 is 0 Å². The number of methoxy groups -OCH3 is 2. The van der Waals surface area contributed by atoms with Crippen LogP contribution in [-0.4, -0.2) is 76.3 Å². The molecule has 52 heavy (non-hydrogen) atoms. The van der Waals surface area contributed by atoms with Crippen LogP contribution in [0.1, 0.15) is 81.3 Å². The van der Waals surface area contributed by atoms with E-state index in [0.29, 0.717) is 5.92 Å². The number of hydrogen-bond donors (Lipinski definition) is 4. The third-order valence-corrected chi connectivity index (χ3v) is 11.6. The summed E-state index contributed by atoms with van der Waals surface area (Å²) >= 11 is 0. The topological polar surface area (TPSA) is 137 Å². The van der Waals surface area contributed by atoms with Gasteiger partial charge in [-0.2, -0.15) is 0 Å². The minimum Gasteiger partial charge on any atom is -0.453 e. The van der Waals surface area contributed by atoms with Gasteiger partial charge in [0.15, 0.2) is 0 Å². The molecule has 5 atom stereocenters. The zero-order valence-electron chi connectivity index (χ0n) is 30.7. The molecule has 2 saturated heterocycles. The van der Waals surface area contributed by atoms with E-state index in [2.05, 4.69) is 70.0 Å². The van der Waals surface area contributed by atoms with E-state index in [1.807, 2.05) is 24.9 Å². The van der Waals surface area contributed by atoms with Crippen molar-refractivity contribution in [3.05, 3.63) is 71.4 Å². The molecular weight excluding hydrogens is 654 g/mol. The molecule has 5 aromatic rings. The molecule has 2 amide bonds. The first-order chi connectivity index (χ1) is 25.2. The number of nitrogens with zero attached hydrogens (tertiary/aromatic N) is 3. The van der Waals surface area contributed by atoms with Gasteiger partial charge in [-0.15, -0.1) is 0 Å². The molecule has 0 saturated carbocycles. The van der Waals surface area contributed by atoms with Crippen molar-refractivity contribution in [2.75, 3.05) is 27.4 Å². The largest absolute Gasteiger partial charge is 0.453 e. The van der Waals surface area contributed by atoms with Gasteiger partial charge in [-0.05, 0) is 97.1 Å². The van der Waals surface area contributed by atoms with Crippen molar-refractivity contribution in [3.8, 4) is 22.4 Å². The summed E-state index contributed by atoms with van der Waals surface area (Å²) in [6, 6.07) is 14.8. The molecule has 2 aliphatic heterocycles. The number of benzene rings is 3. The SMILES string of the molecule is COC[C@@H]1CN[C@H](c2ncc(-c3ccc(-c4ccc5c(ccc6[nH]c([C@@H]7CC[C@H](C)N7C(=O)[C@@H](NC(=O)OC)C(C)C)nc65)c4)c4c3CCC4)[nH]2)C1. The predicted molar refractivity (Wildman–Crippen MR) is 202 cm³/mol. The molecule has 272 valence electrons. The summed E-state index contributed by atoms with van der Waals surface area (Å²) in [6.45, 7) is 7.65. The number of carbonyl (C=O) groups is 2. The lowest BCUT2D eigenvalue weighted by Gasteiger charge is -2.32. The maximum Gasteiger partial charge on any atom is 0.407 e. The summed E-state index contributed by atoms with van der Waals surface area (Å²) in [4.78, 5) is 45.0. The Morgan fingerprint density at radius 2 is 1.81 bits per heavy atom. The summed E-state index contributed by atoms with van der Waals surface area (Å²) in [5.74, 6) is 2.08. The van der Waals surface area contributed by atoms with Crippen LogP contribution in [0.5, 0.6) is 0 Å². The standard InChI is InChI=1S/C41H49N7O4/c1-22(2)36(47-41(50)52-5)40(49)48-23(3)9-16-35(48)39-44-32-15-11-26-18-25(10-12-28(26)37(32)46-39)27-13-14-31(30-8-6-7-29(27)30)34-20-43-38(45-34)33-17-24(19-42-33)21-51-4/h10-15,18,20,22-24,33,35-36,42H,6-9,16-17,19,21H2,1-5H3,(H,43,45)(H,44,46)(H,47,50)/t23-,24-,33-,35-,36-/m0/s1. The van der Waals surface area contributed by atoms with Gasteiger partial charge < -0.3 is 35.0 Å². The molecule has 2 aromatic heterocycles. The number of fused-ring (bicyclic) bond motifs is 4. The summed E-state index contributed by atoms with van der Waals surface area (Å²) < 4.78 is 10.2. The monoisotopic (exact) mass is 703 g/mol. The van der Waals surface area contributed by atoms with Crippen LogP contribution in [0, 0.1) is 11.8 Å². The highest BCUT2D eigenvalue weighted by Crippen LogP contribution is 2.41. The zero-order valence-corrected chi connectivity index (χ0v) is 30.7. The Hall–Kier alpha value is -4.74. The van der Waals surface area contributed by atoms with Crippen molar-refractivity contribution in [2.45, 2.75) is 83.5 Å². The quantitative estimate of drug-likeness (QED) is 0.130. The average molecular weight is 704 g/mol. The Morgan fingerprint density at radius 3 is 2.60 bits per heavy atom. The van der Waals surface area contributed by atoms with E-state index in [4.69, 9.17) is 19.4 Å². The van der Waals surface area contributed by atoms with Crippen LogP contribution >= 0.6 is 0 Å². The maximum absolute atomic E-state index is 13.9.